The molecule has 0 aliphatic carbocycles. The molecule has 4 rings (SSSR count). The number of fused-ring (bicyclic) bond motifs is 1. The molecule has 0 saturated carbocycles. The maximum atomic E-state index is 13.7. The van der Waals surface area contributed by atoms with Crippen LogP contribution >= 0.6 is 23.2 Å². The van der Waals surface area contributed by atoms with Crippen molar-refractivity contribution >= 4 is 41.0 Å². The molecule has 2 fully saturated rings. The van der Waals surface area contributed by atoms with Gasteiger partial charge in [-0.25, -0.2) is 14.8 Å². The number of urea groups is 1. The second-order valence-electron chi connectivity index (χ2n) is 10.1. The molecule has 38 heavy (non-hydrogen) atoms. The zero-order chi connectivity index (χ0) is 27.6. The van der Waals surface area contributed by atoms with Crippen molar-refractivity contribution in [3.8, 4) is 5.75 Å². The van der Waals surface area contributed by atoms with Crippen molar-refractivity contribution < 1.29 is 19.1 Å². The summed E-state index contributed by atoms with van der Waals surface area (Å²) in [5, 5.41) is 6.96. The Kier molecular flexibility index (Phi) is 8.70. The van der Waals surface area contributed by atoms with Crippen LogP contribution < -0.4 is 10.1 Å². The van der Waals surface area contributed by atoms with Crippen molar-refractivity contribution in [2.45, 2.75) is 45.6 Å². The normalized spacial score (nSPS) is 20.1. The van der Waals surface area contributed by atoms with Crippen LogP contribution in [0, 0.1) is 5.92 Å². The molecule has 2 heterocycles. The number of nitrogens with zero attached hydrogens (tertiary/aromatic N) is 4. The third-order valence-electron chi connectivity index (χ3n) is 6.80. The highest BCUT2D eigenvalue weighted by molar-refractivity contribution is 6.42. The van der Waals surface area contributed by atoms with E-state index in [1.54, 1.807) is 46.1 Å². The SMILES string of the molecule is COc1ccc(CNC(=O)N2[C@H]3CN(Cc4ccc(Cl)c(Cl)c4)C(=O)[C@H](CC(C)C)N3C(=O)CN2C)cc1. The summed E-state index contributed by atoms with van der Waals surface area (Å²) in [5.41, 5.74) is 1.72. The highest BCUT2D eigenvalue weighted by Gasteiger charge is 2.50. The standard InChI is InChI=1S/C27H33Cl2N5O4/c1-17(2)11-23-26(36)32(14-19-7-10-21(28)22(29)12-19)15-24-33(23)25(35)16-31(3)34(24)27(37)30-13-18-5-8-20(38-4)9-6-18/h5-10,12,17,23-24H,11,13-16H2,1-4H3,(H,30,37)/t23-,24-/m0/s1. The van der Waals surface area contributed by atoms with Crippen LogP contribution in [-0.4, -0.2) is 77.1 Å². The third kappa shape index (κ3) is 6.00. The molecular weight excluding hydrogens is 529 g/mol. The van der Waals surface area contributed by atoms with Crippen LogP contribution in [0.25, 0.3) is 0 Å². The van der Waals surface area contributed by atoms with Gasteiger partial charge in [-0.15, -0.1) is 0 Å². The van der Waals surface area contributed by atoms with E-state index >= 15 is 0 Å². The van der Waals surface area contributed by atoms with Crippen LogP contribution in [0.5, 0.6) is 5.75 Å². The van der Waals surface area contributed by atoms with Crippen molar-refractivity contribution in [1.29, 1.82) is 0 Å². The zero-order valence-corrected chi connectivity index (χ0v) is 23.5. The third-order valence-corrected chi connectivity index (χ3v) is 7.54. The van der Waals surface area contributed by atoms with Crippen LogP contribution in [0.3, 0.4) is 0 Å². The number of piperazine rings is 1. The van der Waals surface area contributed by atoms with Crippen molar-refractivity contribution in [2.75, 3.05) is 27.2 Å². The first-order valence-electron chi connectivity index (χ1n) is 12.5. The lowest BCUT2D eigenvalue weighted by Gasteiger charge is -2.54. The summed E-state index contributed by atoms with van der Waals surface area (Å²) in [6, 6.07) is 11.7. The minimum absolute atomic E-state index is 0.00111. The molecule has 2 atom stereocenters. The van der Waals surface area contributed by atoms with Gasteiger partial charge in [0.1, 0.15) is 18.0 Å². The Morgan fingerprint density at radius 3 is 2.39 bits per heavy atom. The molecule has 2 aliphatic rings. The monoisotopic (exact) mass is 561 g/mol. The van der Waals surface area contributed by atoms with Gasteiger partial charge in [-0.05, 0) is 47.7 Å². The fraction of sp³-hybridized carbons (Fsp3) is 0.444. The molecule has 2 saturated heterocycles. The highest BCUT2D eigenvalue weighted by Crippen LogP contribution is 2.30. The lowest BCUT2D eigenvalue weighted by molar-refractivity contribution is -0.188. The van der Waals surface area contributed by atoms with Crippen LogP contribution in [-0.2, 0) is 22.7 Å². The van der Waals surface area contributed by atoms with E-state index < -0.39 is 12.2 Å². The van der Waals surface area contributed by atoms with E-state index in [2.05, 4.69) is 5.32 Å². The van der Waals surface area contributed by atoms with E-state index in [-0.39, 0.29) is 43.4 Å². The van der Waals surface area contributed by atoms with Crippen LogP contribution in [0.2, 0.25) is 10.0 Å². The molecule has 0 radical (unpaired) electrons. The number of nitrogens with one attached hydrogen (secondary N) is 1. The summed E-state index contributed by atoms with van der Waals surface area (Å²) in [7, 11) is 3.31. The Morgan fingerprint density at radius 1 is 1.08 bits per heavy atom. The highest BCUT2D eigenvalue weighted by atomic mass is 35.5. The number of likely N-dealkylation sites (N-methyl/N-ethyl adjacent to an activating group) is 1. The molecule has 2 aromatic carbocycles. The first-order chi connectivity index (χ1) is 18.1. The average Bonchev–Trinajstić information content (AvgIpc) is 2.87. The topological polar surface area (TPSA) is 85.4 Å². The Labute approximate surface area is 233 Å². The summed E-state index contributed by atoms with van der Waals surface area (Å²) in [4.78, 5) is 43.7. The lowest BCUT2D eigenvalue weighted by atomic mass is 9.96. The van der Waals surface area contributed by atoms with E-state index in [1.165, 1.54) is 0 Å². The van der Waals surface area contributed by atoms with Gasteiger partial charge in [0.15, 0.2) is 0 Å². The van der Waals surface area contributed by atoms with Gasteiger partial charge in [-0.3, -0.25) is 9.59 Å². The van der Waals surface area contributed by atoms with Gasteiger partial charge in [-0.1, -0.05) is 55.2 Å². The molecule has 2 aromatic rings. The molecule has 0 spiro atoms. The van der Waals surface area contributed by atoms with Crippen LogP contribution in [0.4, 0.5) is 4.79 Å². The van der Waals surface area contributed by atoms with Gasteiger partial charge >= 0.3 is 6.03 Å². The quantitative estimate of drug-likeness (QED) is 0.552. The second kappa shape index (κ2) is 11.8. The number of methoxy groups -OCH3 is 1. The van der Waals surface area contributed by atoms with Gasteiger partial charge in [0.05, 0.1) is 30.2 Å². The Morgan fingerprint density at radius 2 is 1.76 bits per heavy atom. The molecule has 4 amide bonds. The number of benzene rings is 2. The van der Waals surface area contributed by atoms with Gasteiger partial charge in [0, 0.05) is 20.1 Å². The molecule has 0 aromatic heterocycles. The number of carbonyl (C=O) groups is 3. The average molecular weight is 562 g/mol. The molecule has 2 aliphatic heterocycles. The van der Waals surface area contributed by atoms with Crippen molar-refractivity contribution in [2.24, 2.45) is 5.92 Å². The van der Waals surface area contributed by atoms with Crippen LogP contribution in [0.15, 0.2) is 42.5 Å². The minimum Gasteiger partial charge on any atom is -0.497 e. The van der Waals surface area contributed by atoms with Crippen molar-refractivity contribution in [1.82, 2.24) is 25.1 Å². The van der Waals surface area contributed by atoms with E-state index in [9.17, 15) is 14.4 Å². The molecule has 204 valence electrons. The lowest BCUT2D eigenvalue weighted by Crippen LogP contribution is -2.75. The zero-order valence-electron chi connectivity index (χ0n) is 22.0. The van der Waals surface area contributed by atoms with E-state index in [4.69, 9.17) is 27.9 Å². The molecule has 9 nitrogen and oxygen atoms in total. The van der Waals surface area contributed by atoms with Crippen molar-refractivity contribution in [3.05, 3.63) is 63.6 Å². The first kappa shape index (κ1) is 28.0. The van der Waals surface area contributed by atoms with Gasteiger partial charge < -0.3 is 19.9 Å². The van der Waals surface area contributed by atoms with Crippen molar-refractivity contribution in [3.63, 3.8) is 0 Å². The number of hydrazine groups is 1. The fourth-order valence-corrected chi connectivity index (χ4v) is 5.30. The molecular formula is C27H33Cl2N5O4. The number of rotatable bonds is 7. The maximum Gasteiger partial charge on any atom is 0.334 e. The first-order valence-corrected chi connectivity index (χ1v) is 13.3. The fourth-order valence-electron chi connectivity index (χ4n) is 4.98. The maximum absolute atomic E-state index is 13.7. The number of halogens is 2. The molecule has 11 heteroatoms. The van der Waals surface area contributed by atoms with E-state index in [1.807, 2.05) is 44.2 Å². The second-order valence-corrected chi connectivity index (χ2v) is 10.9. The summed E-state index contributed by atoms with van der Waals surface area (Å²) in [6.07, 6.45) is -0.161. The van der Waals surface area contributed by atoms with Gasteiger partial charge in [-0.2, -0.15) is 0 Å². The van der Waals surface area contributed by atoms with E-state index in [0.29, 0.717) is 23.0 Å². The molecule has 0 bridgehead atoms. The van der Waals surface area contributed by atoms with Crippen LogP contribution in [0.1, 0.15) is 31.4 Å². The van der Waals surface area contributed by atoms with Gasteiger partial charge in [0.25, 0.3) is 0 Å². The smallest absolute Gasteiger partial charge is 0.334 e. The number of hydrogen-bond donors (Lipinski definition) is 1. The van der Waals surface area contributed by atoms with Gasteiger partial charge in [0.2, 0.25) is 11.8 Å². The Hall–Kier alpha value is -3.01. The Balaban J connectivity index is 1.59. The number of amides is 4. The summed E-state index contributed by atoms with van der Waals surface area (Å²) >= 11 is 12.3. The number of ether oxygens (including phenoxy) is 1. The Bertz CT molecular complexity index is 1190. The van der Waals surface area contributed by atoms with E-state index in [0.717, 1.165) is 16.9 Å². The number of carbonyl (C=O) groups excluding carboxylic acids is 3. The summed E-state index contributed by atoms with van der Waals surface area (Å²) in [6.45, 7) is 4.78. The number of hydrogen-bond acceptors (Lipinski definition) is 5. The largest absolute Gasteiger partial charge is 0.497 e. The predicted octanol–water partition coefficient (Wildman–Crippen LogP) is 3.99. The molecule has 0 unspecified atom stereocenters. The summed E-state index contributed by atoms with van der Waals surface area (Å²) < 4.78 is 5.20. The predicted molar refractivity (Wildman–Crippen MR) is 145 cm³/mol. The molecule has 1 N–H and O–H groups in total. The minimum atomic E-state index is -0.672. The summed E-state index contributed by atoms with van der Waals surface area (Å²) in [5.74, 6) is 0.580.